The third-order valence-corrected chi connectivity index (χ3v) is 2.82. The predicted molar refractivity (Wildman–Crippen MR) is 64.7 cm³/mol. The Kier molecular flexibility index (Phi) is 5.22. The number of hydrogen-bond donors (Lipinski definition) is 2. The van der Waals surface area contributed by atoms with E-state index >= 15 is 0 Å². The van der Waals surface area contributed by atoms with E-state index in [-0.39, 0.29) is 29.7 Å². The average molecular weight is 257 g/mol. The normalized spacial score (nSPS) is 10.7. The second-order valence-electron chi connectivity index (χ2n) is 4.12. The van der Waals surface area contributed by atoms with Crippen LogP contribution in [0.15, 0.2) is 6.07 Å². The Balaban J connectivity index is 3.32. The zero-order chi connectivity index (χ0) is 13.7. The van der Waals surface area contributed by atoms with Crippen molar-refractivity contribution in [1.29, 1.82) is 0 Å². The van der Waals surface area contributed by atoms with Gasteiger partial charge in [-0.05, 0) is 31.9 Å². The van der Waals surface area contributed by atoms with Crippen molar-refractivity contribution in [2.45, 2.75) is 32.6 Å². The fourth-order valence-corrected chi connectivity index (χ4v) is 1.87. The maximum atomic E-state index is 14.1. The molecule has 0 atom stereocenters. The van der Waals surface area contributed by atoms with E-state index in [2.05, 4.69) is 0 Å². The second-order valence-corrected chi connectivity index (χ2v) is 4.12. The van der Waals surface area contributed by atoms with Gasteiger partial charge in [-0.1, -0.05) is 13.3 Å². The number of benzene rings is 1. The lowest BCUT2D eigenvalue weighted by Gasteiger charge is -2.12. The van der Waals surface area contributed by atoms with E-state index in [1.54, 1.807) is 0 Å². The summed E-state index contributed by atoms with van der Waals surface area (Å²) in [5, 5.41) is 8.98. The number of unbranched alkanes of at least 4 members (excludes halogenated alkanes) is 1. The van der Waals surface area contributed by atoms with Crippen molar-refractivity contribution in [2.75, 3.05) is 6.54 Å². The van der Waals surface area contributed by atoms with Crippen LogP contribution in [-0.4, -0.2) is 17.6 Å². The molecule has 0 spiro atoms. The van der Waals surface area contributed by atoms with Gasteiger partial charge in [-0.2, -0.15) is 0 Å². The zero-order valence-electron chi connectivity index (χ0n) is 10.3. The van der Waals surface area contributed by atoms with Gasteiger partial charge in [-0.3, -0.25) is 0 Å². The van der Waals surface area contributed by atoms with Gasteiger partial charge < -0.3 is 10.8 Å². The van der Waals surface area contributed by atoms with Crippen molar-refractivity contribution in [1.82, 2.24) is 0 Å². The topological polar surface area (TPSA) is 63.3 Å². The van der Waals surface area contributed by atoms with E-state index in [0.717, 1.165) is 12.5 Å². The molecule has 0 fully saturated rings. The number of carboxylic acid groups (broad SMARTS) is 1. The van der Waals surface area contributed by atoms with E-state index in [1.165, 1.54) is 0 Å². The Morgan fingerprint density at radius 3 is 2.50 bits per heavy atom. The molecule has 0 radical (unpaired) electrons. The van der Waals surface area contributed by atoms with Gasteiger partial charge in [0.1, 0.15) is 11.6 Å². The Bertz CT molecular complexity index is 447. The van der Waals surface area contributed by atoms with Crippen LogP contribution >= 0.6 is 0 Å². The molecule has 0 bridgehead atoms. The summed E-state index contributed by atoms with van der Waals surface area (Å²) >= 11 is 0. The van der Waals surface area contributed by atoms with Crippen LogP contribution < -0.4 is 5.73 Å². The summed E-state index contributed by atoms with van der Waals surface area (Å²) in [7, 11) is 0. The highest BCUT2D eigenvalue weighted by Crippen LogP contribution is 2.23. The summed E-state index contributed by atoms with van der Waals surface area (Å²) in [6.07, 6.45) is 1.82. The monoisotopic (exact) mass is 257 g/mol. The van der Waals surface area contributed by atoms with E-state index in [1.807, 2.05) is 6.92 Å². The lowest BCUT2D eigenvalue weighted by molar-refractivity contribution is 0.0694. The highest BCUT2D eigenvalue weighted by Gasteiger charge is 2.21. The van der Waals surface area contributed by atoms with E-state index < -0.39 is 17.6 Å². The second kappa shape index (κ2) is 6.44. The van der Waals surface area contributed by atoms with Crippen molar-refractivity contribution in [2.24, 2.45) is 5.73 Å². The highest BCUT2D eigenvalue weighted by molar-refractivity contribution is 5.89. The van der Waals surface area contributed by atoms with Crippen molar-refractivity contribution in [3.63, 3.8) is 0 Å². The fraction of sp³-hybridized carbons (Fsp3) is 0.462. The molecule has 0 saturated heterocycles. The first-order valence-electron chi connectivity index (χ1n) is 5.96. The number of hydrogen-bond acceptors (Lipinski definition) is 2. The van der Waals surface area contributed by atoms with Gasteiger partial charge in [0.2, 0.25) is 0 Å². The van der Waals surface area contributed by atoms with Crippen molar-refractivity contribution < 1.29 is 18.7 Å². The molecule has 0 heterocycles. The molecule has 0 aliphatic rings. The van der Waals surface area contributed by atoms with Crippen LogP contribution in [0.4, 0.5) is 8.78 Å². The van der Waals surface area contributed by atoms with Gasteiger partial charge in [0, 0.05) is 11.1 Å². The van der Waals surface area contributed by atoms with Crippen LogP contribution in [0.1, 0.15) is 41.3 Å². The standard InChI is InChI=1S/C13H17F2NO2/c1-2-3-4-8-10(13(17)18)7-11(14)9(5-6-16)12(8)15/h7H,2-6,16H2,1H3,(H,17,18). The van der Waals surface area contributed by atoms with Crippen LogP contribution in [0.2, 0.25) is 0 Å². The van der Waals surface area contributed by atoms with Crippen LogP contribution in [0.25, 0.3) is 0 Å². The lowest BCUT2D eigenvalue weighted by Crippen LogP contribution is -2.13. The average Bonchev–Trinajstić information content (AvgIpc) is 2.32. The number of nitrogens with two attached hydrogens (primary N) is 1. The van der Waals surface area contributed by atoms with Crippen LogP contribution in [0, 0.1) is 11.6 Å². The van der Waals surface area contributed by atoms with Crippen molar-refractivity contribution in [3.8, 4) is 0 Å². The molecule has 1 aromatic rings. The molecule has 0 aliphatic heterocycles. The molecule has 0 amide bonds. The number of halogens is 2. The minimum atomic E-state index is -1.31. The Labute approximate surface area is 105 Å². The molecular weight excluding hydrogens is 240 g/mol. The molecule has 3 N–H and O–H groups in total. The minimum Gasteiger partial charge on any atom is -0.478 e. The van der Waals surface area contributed by atoms with Crippen LogP contribution in [0.5, 0.6) is 0 Å². The van der Waals surface area contributed by atoms with Crippen molar-refractivity contribution in [3.05, 3.63) is 34.4 Å². The highest BCUT2D eigenvalue weighted by atomic mass is 19.1. The summed E-state index contributed by atoms with van der Waals surface area (Å²) in [5.74, 6) is -2.90. The van der Waals surface area contributed by atoms with Gasteiger partial charge in [-0.25, -0.2) is 13.6 Å². The third kappa shape index (κ3) is 3.04. The van der Waals surface area contributed by atoms with E-state index in [9.17, 15) is 13.6 Å². The van der Waals surface area contributed by atoms with Gasteiger partial charge in [-0.15, -0.1) is 0 Å². The number of carboxylic acids is 1. The fourth-order valence-electron chi connectivity index (χ4n) is 1.87. The molecule has 5 heteroatoms. The molecule has 0 aliphatic carbocycles. The van der Waals surface area contributed by atoms with Gasteiger partial charge >= 0.3 is 5.97 Å². The summed E-state index contributed by atoms with van der Waals surface area (Å²) in [6, 6.07) is 0.890. The maximum absolute atomic E-state index is 14.1. The quantitative estimate of drug-likeness (QED) is 0.823. The molecule has 1 rings (SSSR count). The van der Waals surface area contributed by atoms with E-state index in [0.29, 0.717) is 12.8 Å². The Hall–Kier alpha value is -1.49. The molecule has 18 heavy (non-hydrogen) atoms. The first-order valence-corrected chi connectivity index (χ1v) is 5.96. The number of aromatic carboxylic acids is 1. The summed E-state index contributed by atoms with van der Waals surface area (Å²) < 4.78 is 27.7. The smallest absolute Gasteiger partial charge is 0.336 e. The minimum absolute atomic E-state index is 0.0662. The molecule has 1 aromatic carbocycles. The number of carbonyl (C=O) groups is 1. The molecule has 0 aromatic heterocycles. The van der Waals surface area contributed by atoms with E-state index in [4.69, 9.17) is 10.8 Å². The third-order valence-electron chi connectivity index (χ3n) is 2.82. The van der Waals surface area contributed by atoms with Crippen molar-refractivity contribution >= 4 is 5.97 Å². The molecule has 3 nitrogen and oxygen atoms in total. The van der Waals surface area contributed by atoms with Crippen LogP contribution in [0.3, 0.4) is 0 Å². The SMILES string of the molecule is CCCCc1c(C(=O)O)cc(F)c(CCN)c1F. The molecule has 0 unspecified atom stereocenters. The molecular formula is C13H17F2NO2. The summed E-state index contributed by atoms with van der Waals surface area (Å²) in [5.41, 5.74) is 4.97. The first kappa shape index (κ1) is 14.6. The zero-order valence-corrected chi connectivity index (χ0v) is 10.3. The Morgan fingerprint density at radius 1 is 1.33 bits per heavy atom. The lowest BCUT2D eigenvalue weighted by atomic mass is 9.96. The molecule has 0 saturated carbocycles. The largest absolute Gasteiger partial charge is 0.478 e. The predicted octanol–water partition coefficient (Wildman–Crippen LogP) is 2.51. The van der Waals surface area contributed by atoms with Crippen LogP contribution in [-0.2, 0) is 12.8 Å². The van der Waals surface area contributed by atoms with Gasteiger partial charge in [0.25, 0.3) is 0 Å². The first-order chi connectivity index (χ1) is 8.52. The summed E-state index contributed by atoms with van der Waals surface area (Å²) in [6.45, 7) is 2.04. The number of rotatable bonds is 6. The van der Waals surface area contributed by atoms with Gasteiger partial charge in [0.05, 0.1) is 5.56 Å². The Morgan fingerprint density at radius 2 is 2.00 bits per heavy atom. The molecule has 100 valence electrons. The summed E-state index contributed by atoms with van der Waals surface area (Å²) in [4.78, 5) is 11.0. The van der Waals surface area contributed by atoms with Gasteiger partial charge in [0.15, 0.2) is 0 Å². The maximum Gasteiger partial charge on any atom is 0.336 e.